The Bertz CT molecular complexity index is 1240. The second kappa shape index (κ2) is 11.5. The Balaban J connectivity index is 1.59. The first-order valence-corrected chi connectivity index (χ1v) is 13.5. The summed E-state index contributed by atoms with van der Waals surface area (Å²) in [6, 6.07) is 38.2. The Labute approximate surface area is 231 Å². The van der Waals surface area contributed by atoms with Crippen molar-refractivity contribution in [2.45, 2.75) is 17.6 Å². The van der Waals surface area contributed by atoms with Crippen LogP contribution in [0.5, 0.6) is 0 Å². The minimum absolute atomic E-state index is 0.0633. The second-order valence-corrected chi connectivity index (χ2v) is 10.6. The summed E-state index contributed by atoms with van der Waals surface area (Å²) in [5.41, 5.74) is 2.96. The van der Waals surface area contributed by atoms with Crippen LogP contribution in [-0.4, -0.2) is 47.0 Å². The molecule has 0 bridgehead atoms. The molecule has 1 fully saturated rings. The third-order valence-corrected chi connectivity index (χ3v) is 7.89. The van der Waals surface area contributed by atoms with Gasteiger partial charge in [0.05, 0.1) is 19.3 Å². The highest BCUT2D eigenvalue weighted by atomic mass is 79.9. The highest BCUT2D eigenvalue weighted by Crippen LogP contribution is 2.43. The lowest BCUT2D eigenvalue weighted by Crippen LogP contribution is -2.52. The zero-order chi connectivity index (χ0) is 26.5. The normalized spacial score (nSPS) is 19.7. The number of aliphatic hydroxyl groups is 1. The summed E-state index contributed by atoms with van der Waals surface area (Å²) >= 11 is 3.49. The molecule has 2 N–H and O–H groups in total. The van der Waals surface area contributed by atoms with Gasteiger partial charge in [0.25, 0.3) is 0 Å². The van der Waals surface area contributed by atoms with Gasteiger partial charge in [-0.3, -0.25) is 0 Å². The van der Waals surface area contributed by atoms with Gasteiger partial charge in [0.15, 0.2) is 0 Å². The van der Waals surface area contributed by atoms with E-state index in [1.807, 2.05) is 78.9 Å². The summed E-state index contributed by atoms with van der Waals surface area (Å²) in [5, 5.41) is 21.0. The number of benzene rings is 4. The summed E-state index contributed by atoms with van der Waals surface area (Å²) in [6.45, 7) is 0.565. The SMILES string of the molecule is O=C(O)N1CC(O)C(c2ccc(Br)cc2)C(COC(c2ccccc2)(c2ccccc2)c2ccccc2)C1. The van der Waals surface area contributed by atoms with Crippen LogP contribution in [-0.2, 0) is 10.3 Å². The van der Waals surface area contributed by atoms with E-state index < -0.39 is 17.8 Å². The third kappa shape index (κ3) is 5.25. The highest BCUT2D eigenvalue weighted by molar-refractivity contribution is 9.10. The van der Waals surface area contributed by atoms with Gasteiger partial charge in [-0.1, -0.05) is 119 Å². The molecule has 1 aliphatic rings. The number of amides is 1. The molecule has 1 heterocycles. The van der Waals surface area contributed by atoms with Gasteiger partial charge < -0.3 is 19.8 Å². The maximum absolute atomic E-state index is 12.0. The molecular formula is C32H30BrNO4. The number of halogens is 1. The molecule has 6 heteroatoms. The Morgan fingerprint density at radius 1 is 0.789 bits per heavy atom. The molecular weight excluding hydrogens is 542 g/mol. The smallest absolute Gasteiger partial charge is 0.407 e. The van der Waals surface area contributed by atoms with Gasteiger partial charge in [-0.2, -0.15) is 0 Å². The van der Waals surface area contributed by atoms with Gasteiger partial charge in [-0.15, -0.1) is 0 Å². The number of hydrogen-bond donors (Lipinski definition) is 2. The molecule has 5 rings (SSSR count). The van der Waals surface area contributed by atoms with Gasteiger partial charge in [-0.25, -0.2) is 4.79 Å². The topological polar surface area (TPSA) is 70.0 Å². The van der Waals surface area contributed by atoms with E-state index in [4.69, 9.17) is 4.74 Å². The van der Waals surface area contributed by atoms with Crippen molar-refractivity contribution >= 4 is 22.0 Å². The largest absolute Gasteiger partial charge is 0.465 e. The number of ether oxygens (including phenoxy) is 1. The second-order valence-electron chi connectivity index (χ2n) is 9.68. The van der Waals surface area contributed by atoms with Gasteiger partial charge in [0.1, 0.15) is 5.60 Å². The molecule has 3 unspecified atom stereocenters. The molecule has 194 valence electrons. The maximum atomic E-state index is 12.0. The van der Waals surface area contributed by atoms with Crippen LogP contribution in [0, 0.1) is 5.92 Å². The predicted octanol–water partition coefficient (Wildman–Crippen LogP) is 6.51. The lowest BCUT2D eigenvalue weighted by Gasteiger charge is -2.43. The van der Waals surface area contributed by atoms with Crippen LogP contribution >= 0.6 is 15.9 Å². The first kappa shape index (κ1) is 26.2. The third-order valence-electron chi connectivity index (χ3n) is 7.37. The molecule has 5 nitrogen and oxygen atoms in total. The van der Waals surface area contributed by atoms with Crippen LogP contribution < -0.4 is 0 Å². The van der Waals surface area contributed by atoms with E-state index in [1.165, 1.54) is 4.90 Å². The van der Waals surface area contributed by atoms with Crippen molar-refractivity contribution in [3.63, 3.8) is 0 Å². The summed E-state index contributed by atoms with van der Waals surface area (Å²) in [7, 11) is 0. The average molecular weight is 572 g/mol. The first-order chi connectivity index (χ1) is 18.5. The lowest BCUT2D eigenvalue weighted by molar-refractivity contribution is -0.0513. The molecule has 3 atom stereocenters. The first-order valence-electron chi connectivity index (χ1n) is 12.7. The summed E-state index contributed by atoms with van der Waals surface area (Å²) in [6.07, 6.45) is -1.89. The van der Waals surface area contributed by atoms with Crippen molar-refractivity contribution in [3.8, 4) is 0 Å². The molecule has 0 radical (unpaired) electrons. The highest BCUT2D eigenvalue weighted by Gasteiger charge is 2.43. The molecule has 4 aromatic carbocycles. The van der Waals surface area contributed by atoms with E-state index in [2.05, 4.69) is 52.3 Å². The summed E-state index contributed by atoms with van der Waals surface area (Å²) < 4.78 is 7.99. The van der Waals surface area contributed by atoms with Crippen molar-refractivity contribution in [1.29, 1.82) is 0 Å². The number of nitrogens with zero attached hydrogens (tertiary/aromatic N) is 1. The molecule has 1 aliphatic heterocycles. The average Bonchev–Trinajstić information content (AvgIpc) is 2.95. The van der Waals surface area contributed by atoms with Crippen LogP contribution in [0.2, 0.25) is 0 Å². The Morgan fingerprint density at radius 2 is 1.26 bits per heavy atom. The van der Waals surface area contributed by atoms with Crippen LogP contribution in [0.4, 0.5) is 4.79 Å². The Hall–Kier alpha value is -3.45. The molecule has 0 aliphatic carbocycles. The van der Waals surface area contributed by atoms with E-state index in [0.29, 0.717) is 0 Å². The minimum atomic E-state index is -1.04. The van der Waals surface area contributed by atoms with Gasteiger partial charge >= 0.3 is 6.09 Å². The Kier molecular flexibility index (Phi) is 7.93. The number of aliphatic hydroxyl groups excluding tert-OH is 1. The van der Waals surface area contributed by atoms with E-state index in [9.17, 15) is 15.0 Å². The lowest BCUT2D eigenvalue weighted by atomic mass is 9.77. The van der Waals surface area contributed by atoms with Crippen LogP contribution in [0.3, 0.4) is 0 Å². The van der Waals surface area contributed by atoms with Crippen molar-refractivity contribution in [2.75, 3.05) is 19.7 Å². The van der Waals surface area contributed by atoms with Crippen molar-refractivity contribution in [2.24, 2.45) is 5.92 Å². The molecule has 38 heavy (non-hydrogen) atoms. The number of hydrogen-bond acceptors (Lipinski definition) is 3. The number of β-amino-alcohol motifs (C(OH)–C–C–N with tert-alkyl or cyclic N) is 1. The van der Waals surface area contributed by atoms with Crippen LogP contribution in [0.15, 0.2) is 120 Å². The zero-order valence-corrected chi connectivity index (χ0v) is 22.4. The molecule has 1 saturated heterocycles. The monoisotopic (exact) mass is 571 g/mol. The van der Waals surface area contributed by atoms with Crippen LogP contribution in [0.1, 0.15) is 28.2 Å². The standard InChI is InChI=1S/C32H30BrNO4/c33-28-18-16-23(17-19-28)30-24(20-34(31(36)37)21-29(30)35)22-38-32(25-10-4-1-5-11-25,26-12-6-2-7-13-26)27-14-8-3-9-15-27/h1-19,24,29-30,35H,20-22H2,(H,36,37). The zero-order valence-electron chi connectivity index (χ0n) is 20.9. The van der Waals surface area contributed by atoms with E-state index in [1.54, 1.807) is 0 Å². The fraction of sp³-hybridized carbons (Fsp3) is 0.219. The fourth-order valence-electron chi connectivity index (χ4n) is 5.62. The van der Waals surface area contributed by atoms with E-state index in [0.717, 1.165) is 26.7 Å². The van der Waals surface area contributed by atoms with Gasteiger partial charge in [-0.05, 0) is 34.4 Å². The van der Waals surface area contributed by atoms with Crippen LogP contribution in [0.25, 0.3) is 0 Å². The van der Waals surface area contributed by atoms with E-state index in [-0.39, 0.29) is 31.5 Å². The van der Waals surface area contributed by atoms with Crippen molar-refractivity contribution in [3.05, 3.63) is 142 Å². The number of piperidine rings is 1. The molecule has 4 aromatic rings. The molecule has 0 spiro atoms. The molecule has 0 aromatic heterocycles. The number of carboxylic acid groups (broad SMARTS) is 1. The maximum Gasteiger partial charge on any atom is 0.407 e. The van der Waals surface area contributed by atoms with Gasteiger partial charge in [0, 0.05) is 22.9 Å². The van der Waals surface area contributed by atoms with Crippen molar-refractivity contribution < 1.29 is 19.7 Å². The molecule has 1 amide bonds. The Morgan fingerprint density at radius 3 is 1.71 bits per heavy atom. The number of rotatable bonds is 7. The predicted molar refractivity (Wildman–Crippen MR) is 151 cm³/mol. The van der Waals surface area contributed by atoms with Gasteiger partial charge in [0.2, 0.25) is 0 Å². The summed E-state index contributed by atoms with van der Waals surface area (Å²) in [4.78, 5) is 13.3. The minimum Gasteiger partial charge on any atom is -0.465 e. The fourth-order valence-corrected chi connectivity index (χ4v) is 5.88. The summed E-state index contributed by atoms with van der Waals surface area (Å²) in [5.74, 6) is -0.551. The molecule has 0 saturated carbocycles. The quantitative estimate of drug-likeness (QED) is 0.248. The number of carbonyl (C=O) groups is 1. The number of likely N-dealkylation sites (tertiary alicyclic amines) is 1. The van der Waals surface area contributed by atoms with Crippen molar-refractivity contribution in [1.82, 2.24) is 4.90 Å². The van der Waals surface area contributed by atoms with E-state index >= 15 is 0 Å².